The first-order valence-corrected chi connectivity index (χ1v) is 27.8. The monoisotopic (exact) mass is 1190 g/mol. The van der Waals surface area contributed by atoms with Gasteiger partial charge in [-0.05, 0) is 72.1 Å². The minimum atomic E-state index is -1.36. The van der Waals surface area contributed by atoms with Crippen LogP contribution in [0.2, 0.25) is 15.1 Å². The summed E-state index contributed by atoms with van der Waals surface area (Å²) in [6.07, 6.45) is 0.537. The number of thioether (sulfide) groups is 1. The lowest BCUT2D eigenvalue weighted by atomic mass is 10.0. The molecular weight excluding hydrogens is 1130 g/mol. The fourth-order valence-electron chi connectivity index (χ4n) is 6.86. The SMILES string of the molecule is CC(=O)SCCOCCOCCOCCOCCOCCOCCOCCOCCC(=O)NCCCOc1cc(Cl)c(C(=O)Nc2ccc(CC(NC(=O)c3ccc(C(=O)NCc4cccc(O)c4)cc3Cl)C(=O)O)cc2)c(Cl)c1. The Balaban J connectivity index is 0.984. The molecule has 0 heterocycles. The maximum Gasteiger partial charge on any atom is 0.326 e. The third kappa shape index (κ3) is 28.2. The van der Waals surface area contributed by atoms with E-state index < -0.39 is 29.7 Å². The van der Waals surface area contributed by atoms with Gasteiger partial charge in [0.25, 0.3) is 17.7 Å². The van der Waals surface area contributed by atoms with Crippen LogP contribution in [0.1, 0.15) is 62.0 Å². The summed E-state index contributed by atoms with van der Waals surface area (Å²) in [7, 11) is 0. The third-order valence-corrected chi connectivity index (χ3v) is 12.5. The van der Waals surface area contributed by atoms with Gasteiger partial charge in [-0.15, -0.1) is 0 Å². The predicted octanol–water partition coefficient (Wildman–Crippen LogP) is 6.65. The second kappa shape index (κ2) is 39.7. The number of phenols is 1. The molecule has 0 saturated heterocycles. The molecule has 438 valence electrons. The number of carboxylic acids is 1. The Morgan fingerprint density at radius 1 is 0.575 bits per heavy atom. The van der Waals surface area contributed by atoms with Gasteiger partial charge >= 0.3 is 5.97 Å². The molecule has 6 N–H and O–H groups in total. The van der Waals surface area contributed by atoms with Crippen LogP contribution in [0.15, 0.2) is 78.9 Å². The summed E-state index contributed by atoms with van der Waals surface area (Å²) in [5, 5.41) is 30.4. The quantitative estimate of drug-likeness (QED) is 0.0254. The van der Waals surface area contributed by atoms with Crippen molar-refractivity contribution in [3.05, 3.63) is 122 Å². The first kappa shape index (κ1) is 66.9. The fraction of sp³-hybridized carbons (Fsp3) is 0.455. The average Bonchev–Trinajstić information content (AvgIpc) is 3.43. The number of phenolic OH excluding ortho intramolecular Hbond substituents is 1. The first-order valence-electron chi connectivity index (χ1n) is 25.6. The van der Waals surface area contributed by atoms with Gasteiger partial charge in [0.1, 0.15) is 17.5 Å². The molecule has 25 heteroatoms. The summed E-state index contributed by atoms with van der Waals surface area (Å²) in [6, 6.07) is 18.2. The lowest BCUT2D eigenvalue weighted by Crippen LogP contribution is -2.42. The number of aliphatic carboxylic acids is 1. The van der Waals surface area contributed by atoms with Crippen LogP contribution < -0.4 is 26.0 Å². The smallest absolute Gasteiger partial charge is 0.326 e. The van der Waals surface area contributed by atoms with E-state index in [0.717, 1.165) is 0 Å². The van der Waals surface area contributed by atoms with E-state index >= 15 is 0 Å². The number of carboxylic acid groups (broad SMARTS) is 1. The number of anilines is 1. The highest BCUT2D eigenvalue weighted by atomic mass is 35.5. The van der Waals surface area contributed by atoms with Crippen molar-refractivity contribution >= 4 is 87.0 Å². The van der Waals surface area contributed by atoms with Crippen molar-refractivity contribution in [2.45, 2.75) is 38.8 Å². The van der Waals surface area contributed by atoms with Gasteiger partial charge in [-0.1, -0.05) is 70.8 Å². The van der Waals surface area contributed by atoms with Crippen molar-refractivity contribution in [2.24, 2.45) is 0 Å². The lowest BCUT2D eigenvalue weighted by Gasteiger charge is -2.16. The van der Waals surface area contributed by atoms with E-state index in [1.807, 2.05) is 0 Å². The zero-order chi connectivity index (χ0) is 57.7. The van der Waals surface area contributed by atoms with Crippen LogP contribution >= 0.6 is 46.6 Å². The predicted molar refractivity (Wildman–Crippen MR) is 302 cm³/mol. The van der Waals surface area contributed by atoms with Gasteiger partial charge in [0.15, 0.2) is 5.12 Å². The summed E-state index contributed by atoms with van der Waals surface area (Å²) in [6.45, 7) is 9.04. The Morgan fingerprint density at radius 2 is 1.12 bits per heavy atom. The number of amides is 4. The first-order chi connectivity index (χ1) is 38.7. The number of nitrogens with one attached hydrogen (secondary N) is 4. The Bertz CT molecular complexity index is 2530. The van der Waals surface area contributed by atoms with Gasteiger partial charge in [0.2, 0.25) is 5.91 Å². The van der Waals surface area contributed by atoms with Gasteiger partial charge in [0.05, 0.1) is 139 Å². The molecule has 21 nitrogen and oxygen atoms in total. The Kier molecular flexibility index (Phi) is 33.2. The highest BCUT2D eigenvalue weighted by Crippen LogP contribution is 2.31. The summed E-state index contributed by atoms with van der Waals surface area (Å²) in [4.78, 5) is 74.3. The van der Waals surface area contributed by atoms with Crippen molar-refractivity contribution in [2.75, 3.05) is 130 Å². The third-order valence-electron chi connectivity index (χ3n) is 10.9. The molecule has 1 atom stereocenters. The molecule has 0 saturated carbocycles. The number of hydrogen-bond acceptors (Lipinski definition) is 17. The van der Waals surface area contributed by atoms with Crippen LogP contribution in [-0.4, -0.2) is 176 Å². The normalized spacial score (nSPS) is 11.4. The van der Waals surface area contributed by atoms with Crippen molar-refractivity contribution < 1.29 is 81.6 Å². The summed E-state index contributed by atoms with van der Waals surface area (Å²) in [5.74, 6) is -2.30. The van der Waals surface area contributed by atoms with Crippen LogP contribution in [-0.2, 0) is 65.2 Å². The molecular formula is C55H69Cl3N4O17S. The molecule has 0 bridgehead atoms. The van der Waals surface area contributed by atoms with Crippen LogP contribution in [0.3, 0.4) is 0 Å². The number of aromatic hydroxyl groups is 1. The molecule has 1 unspecified atom stereocenters. The largest absolute Gasteiger partial charge is 0.508 e. The van der Waals surface area contributed by atoms with Gasteiger partial charge in [0, 0.05) is 49.9 Å². The summed E-state index contributed by atoms with van der Waals surface area (Å²) >= 11 is 20.5. The summed E-state index contributed by atoms with van der Waals surface area (Å²) < 4.78 is 49.4. The highest BCUT2D eigenvalue weighted by molar-refractivity contribution is 8.13. The second-order valence-corrected chi connectivity index (χ2v) is 19.6. The van der Waals surface area contributed by atoms with Crippen molar-refractivity contribution in [1.82, 2.24) is 16.0 Å². The van der Waals surface area contributed by atoms with Crippen LogP contribution in [0, 0.1) is 0 Å². The molecule has 80 heavy (non-hydrogen) atoms. The standard InChI is InChI=1S/C55H69Cl3N4O17S/c1-38(63)80-31-30-78-29-28-77-27-26-76-25-24-75-23-22-74-21-20-73-19-18-72-17-16-71-15-12-50(65)59-13-3-14-79-44-35-47(57)51(48(58)36-44)54(68)61-42-9-6-39(7-10-42)33-49(55(69)70)62-53(67)45-11-8-41(34-46(45)56)52(66)60-37-40-4-2-5-43(64)32-40/h2,4-11,32,34-36,49,64H,3,12-31,33,37H2,1H3,(H,59,65)(H,60,66)(H,61,68)(H,62,67)(H,69,70). The van der Waals surface area contributed by atoms with Gasteiger partial charge in [-0.25, -0.2) is 4.79 Å². The molecule has 0 fully saturated rings. The van der Waals surface area contributed by atoms with Gasteiger partial charge in [-0.3, -0.25) is 24.0 Å². The summed E-state index contributed by atoms with van der Waals surface area (Å²) in [5.41, 5.74) is 1.69. The molecule has 0 radical (unpaired) electrons. The van der Waals surface area contributed by atoms with E-state index in [2.05, 4.69) is 21.3 Å². The molecule has 4 amide bonds. The van der Waals surface area contributed by atoms with Crippen LogP contribution in [0.5, 0.6) is 11.5 Å². The zero-order valence-corrected chi connectivity index (χ0v) is 47.5. The van der Waals surface area contributed by atoms with Crippen LogP contribution in [0.4, 0.5) is 5.69 Å². The molecule has 0 aliphatic rings. The fourth-order valence-corrected chi connectivity index (χ4v) is 8.25. The van der Waals surface area contributed by atoms with Gasteiger partial charge < -0.3 is 74.1 Å². The molecule has 4 rings (SSSR count). The van der Waals surface area contributed by atoms with E-state index in [-0.39, 0.29) is 81.1 Å². The van der Waals surface area contributed by atoms with Crippen molar-refractivity contribution in [3.8, 4) is 11.5 Å². The van der Waals surface area contributed by atoms with Crippen LogP contribution in [0.25, 0.3) is 0 Å². The Morgan fingerprint density at radius 3 is 1.65 bits per heavy atom. The Hall–Kier alpha value is -5.60. The van der Waals surface area contributed by atoms with E-state index in [9.17, 15) is 39.0 Å². The molecule has 0 aliphatic carbocycles. The zero-order valence-electron chi connectivity index (χ0n) is 44.4. The maximum atomic E-state index is 13.2. The maximum absolute atomic E-state index is 13.2. The lowest BCUT2D eigenvalue weighted by molar-refractivity contribution is -0.139. The number of rotatable bonds is 42. The van der Waals surface area contributed by atoms with E-state index in [0.29, 0.717) is 140 Å². The minimum Gasteiger partial charge on any atom is -0.508 e. The average molecular weight is 1200 g/mol. The van der Waals surface area contributed by atoms with E-state index in [4.69, 9.17) is 77.4 Å². The number of ether oxygens (including phenoxy) is 9. The number of hydrogen-bond donors (Lipinski definition) is 6. The number of halogens is 3. The van der Waals surface area contributed by atoms with E-state index in [1.54, 1.807) is 36.4 Å². The van der Waals surface area contributed by atoms with Crippen molar-refractivity contribution in [1.29, 1.82) is 0 Å². The molecule has 4 aromatic rings. The molecule has 0 spiro atoms. The molecule has 4 aromatic carbocycles. The second-order valence-electron chi connectivity index (χ2n) is 17.1. The van der Waals surface area contributed by atoms with Gasteiger partial charge in [-0.2, -0.15) is 0 Å². The molecule has 0 aliphatic heterocycles. The minimum absolute atomic E-state index is 0.00124. The van der Waals surface area contributed by atoms with E-state index in [1.165, 1.54) is 61.2 Å². The van der Waals surface area contributed by atoms with Crippen molar-refractivity contribution in [3.63, 3.8) is 0 Å². The number of benzene rings is 4. The topological polar surface area (TPSA) is 274 Å². The Labute approximate surface area is 484 Å². The highest BCUT2D eigenvalue weighted by Gasteiger charge is 2.24. The number of carbonyl (C=O) groups excluding carboxylic acids is 5. The molecule has 0 aromatic heterocycles. The number of carbonyl (C=O) groups is 6.